The first-order valence-corrected chi connectivity index (χ1v) is 6.61. The van der Waals surface area contributed by atoms with E-state index in [0.29, 0.717) is 19.6 Å². The molecule has 1 unspecified atom stereocenters. The van der Waals surface area contributed by atoms with E-state index in [9.17, 15) is 13.2 Å². The zero-order chi connectivity index (χ0) is 11.9. The number of ether oxygens (including phenoxy) is 1. The second-order valence-electron chi connectivity index (χ2n) is 3.37. The number of carbonyl (C=O) groups is 1. The van der Waals surface area contributed by atoms with E-state index in [4.69, 9.17) is 10.5 Å². The Balaban J connectivity index is 4.10. The van der Waals surface area contributed by atoms with E-state index in [1.165, 1.54) is 7.11 Å². The van der Waals surface area contributed by atoms with Crippen LogP contribution in [0.1, 0.15) is 6.42 Å². The molecule has 3 N–H and O–H groups in total. The van der Waals surface area contributed by atoms with Crippen LogP contribution in [0.25, 0.3) is 0 Å². The highest BCUT2D eigenvalue weighted by Crippen LogP contribution is 1.92. The van der Waals surface area contributed by atoms with Gasteiger partial charge in [-0.3, -0.25) is 4.79 Å². The maximum atomic E-state index is 11.2. The van der Waals surface area contributed by atoms with Gasteiger partial charge in [0.15, 0.2) is 9.84 Å². The highest BCUT2D eigenvalue weighted by Gasteiger charge is 2.15. The first-order chi connectivity index (χ1) is 6.89. The lowest BCUT2D eigenvalue weighted by atomic mass is 10.2. The number of nitrogens with one attached hydrogen (secondary N) is 1. The van der Waals surface area contributed by atoms with Gasteiger partial charge >= 0.3 is 0 Å². The maximum Gasteiger partial charge on any atom is 0.235 e. The summed E-state index contributed by atoms with van der Waals surface area (Å²) in [4.78, 5) is 11.2. The third kappa shape index (κ3) is 8.34. The van der Waals surface area contributed by atoms with Crippen molar-refractivity contribution in [1.29, 1.82) is 0 Å². The fraction of sp³-hybridized carbons (Fsp3) is 0.875. The van der Waals surface area contributed by atoms with Crippen LogP contribution in [0.5, 0.6) is 0 Å². The highest BCUT2D eigenvalue weighted by atomic mass is 32.2. The fourth-order valence-corrected chi connectivity index (χ4v) is 1.67. The van der Waals surface area contributed by atoms with Crippen molar-refractivity contribution in [3.8, 4) is 0 Å². The van der Waals surface area contributed by atoms with E-state index >= 15 is 0 Å². The lowest BCUT2D eigenvalue weighted by Crippen LogP contribution is -2.42. The van der Waals surface area contributed by atoms with Gasteiger partial charge in [-0.15, -0.1) is 0 Å². The molecule has 1 atom stereocenters. The molecule has 7 heteroatoms. The Hall–Kier alpha value is -0.660. The van der Waals surface area contributed by atoms with Crippen molar-refractivity contribution in [1.82, 2.24) is 5.32 Å². The van der Waals surface area contributed by atoms with Crippen LogP contribution in [-0.2, 0) is 19.4 Å². The minimum absolute atomic E-state index is 0.228. The smallest absolute Gasteiger partial charge is 0.235 e. The Morgan fingerprint density at radius 1 is 1.53 bits per heavy atom. The second-order valence-corrected chi connectivity index (χ2v) is 5.51. The fourth-order valence-electron chi connectivity index (χ4n) is 1.11. The Morgan fingerprint density at radius 2 is 2.13 bits per heavy atom. The number of rotatable bonds is 7. The van der Waals surface area contributed by atoms with Crippen LogP contribution >= 0.6 is 0 Å². The predicted octanol–water partition coefficient (Wildman–Crippen LogP) is -1.49. The number of hydrogen-bond acceptors (Lipinski definition) is 5. The second kappa shape index (κ2) is 6.76. The molecule has 0 spiro atoms. The molecular formula is C8H18N2O4S. The molecular weight excluding hydrogens is 220 g/mol. The molecule has 15 heavy (non-hydrogen) atoms. The van der Waals surface area contributed by atoms with Gasteiger partial charge in [-0.05, 0) is 13.0 Å². The SMILES string of the molecule is COCC(CCN)NC(=O)CS(C)(=O)=O. The van der Waals surface area contributed by atoms with Crippen LogP contribution in [0.3, 0.4) is 0 Å². The molecule has 0 saturated heterocycles. The highest BCUT2D eigenvalue weighted by molar-refractivity contribution is 7.91. The molecule has 0 aliphatic heterocycles. The first-order valence-electron chi connectivity index (χ1n) is 4.55. The summed E-state index contributed by atoms with van der Waals surface area (Å²) in [7, 11) is -1.78. The molecule has 0 saturated carbocycles. The van der Waals surface area contributed by atoms with E-state index in [1.54, 1.807) is 0 Å². The molecule has 0 aromatic carbocycles. The molecule has 0 aromatic rings. The molecule has 0 fully saturated rings. The monoisotopic (exact) mass is 238 g/mol. The zero-order valence-corrected chi connectivity index (χ0v) is 9.84. The van der Waals surface area contributed by atoms with Crippen LogP contribution in [0.4, 0.5) is 0 Å². The summed E-state index contributed by atoms with van der Waals surface area (Å²) in [6.07, 6.45) is 1.57. The molecule has 0 aliphatic rings. The van der Waals surface area contributed by atoms with Crippen molar-refractivity contribution >= 4 is 15.7 Å². The number of amides is 1. The summed E-state index contributed by atoms with van der Waals surface area (Å²) in [5.74, 6) is -1.02. The van der Waals surface area contributed by atoms with Crippen molar-refractivity contribution < 1.29 is 17.9 Å². The van der Waals surface area contributed by atoms with Gasteiger partial charge in [-0.1, -0.05) is 0 Å². The molecule has 0 rings (SSSR count). The van der Waals surface area contributed by atoms with Gasteiger partial charge in [0, 0.05) is 13.4 Å². The minimum atomic E-state index is -3.28. The van der Waals surface area contributed by atoms with Crippen molar-refractivity contribution in [3.63, 3.8) is 0 Å². The van der Waals surface area contributed by atoms with Crippen LogP contribution < -0.4 is 11.1 Å². The zero-order valence-electron chi connectivity index (χ0n) is 9.02. The topological polar surface area (TPSA) is 98.5 Å². The van der Waals surface area contributed by atoms with E-state index in [-0.39, 0.29) is 6.04 Å². The summed E-state index contributed by atoms with van der Waals surface area (Å²) >= 11 is 0. The van der Waals surface area contributed by atoms with Crippen molar-refractivity contribution in [2.45, 2.75) is 12.5 Å². The average Bonchev–Trinajstić information content (AvgIpc) is 2.00. The molecule has 0 bridgehead atoms. The number of methoxy groups -OCH3 is 1. The maximum absolute atomic E-state index is 11.2. The van der Waals surface area contributed by atoms with E-state index in [0.717, 1.165) is 6.26 Å². The number of sulfone groups is 1. The lowest BCUT2D eigenvalue weighted by Gasteiger charge is -2.16. The van der Waals surface area contributed by atoms with Gasteiger partial charge < -0.3 is 15.8 Å². The molecule has 0 aromatic heterocycles. The number of nitrogens with two attached hydrogens (primary N) is 1. The van der Waals surface area contributed by atoms with Gasteiger partial charge in [-0.25, -0.2) is 8.42 Å². The lowest BCUT2D eigenvalue weighted by molar-refractivity contribution is -0.119. The van der Waals surface area contributed by atoms with Crippen molar-refractivity contribution in [2.24, 2.45) is 5.73 Å². The van der Waals surface area contributed by atoms with E-state index in [1.807, 2.05) is 0 Å². The van der Waals surface area contributed by atoms with Gasteiger partial charge in [0.25, 0.3) is 0 Å². The van der Waals surface area contributed by atoms with Crippen LogP contribution in [-0.4, -0.2) is 52.6 Å². The Kier molecular flexibility index (Phi) is 6.46. The Labute approximate surface area is 90.1 Å². The van der Waals surface area contributed by atoms with Crippen molar-refractivity contribution in [2.75, 3.05) is 32.3 Å². The summed E-state index contributed by atoms with van der Waals surface area (Å²) < 4.78 is 26.5. The van der Waals surface area contributed by atoms with Crippen LogP contribution in [0.2, 0.25) is 0 Å². The summed E-state index contributed by atoms with van der Waals surface area (Å²) in [5, 5.41) is 2.55. The molecule has 1 amide bonds. The molecule has 0 aliphatic carbocycles. The van der Waals surface area contributed by atoms with Crippen molar-refractivity contribution in [3.05, 3.63) is 0 Å². The molecule has 0 radical (unpaired) electrons. The van der Waals surface area contributed by atoms with Crippen LogP contribution in [0.15, 0.2) is 0 Å². The van der Waals surface area contributed by atoms with Gasteiger partial charge in [0.05, 0.1) is 12.6 Å². The first kappa shape index (κ1) is 14.3. The standard InChI is InChI=1S/C8H18N2O4S/c1-14-5-7(3-4-9)10-8(11)6-15(2,12)13/h7H,3-6,9H2,1-2H3,(H,10,11). The summed E-state index contributed by atoms with van der Waals surface area (Å²) in [6.45, 7) is 0.736. The van der Waals surface area contributed by atoms with Gasteiger partial charge in [0.2, 0.25) is 5.91 Å². The molecule has 90 valence electrons. The molecule has 0 heterocycles. The Morgan fingerprint density at radius 3 is 2.53 bits per heavy atom. The third-order valence-corrected chi connectivity index (χ3v) is 2.43. The average molecular weight is 238 g/mol. The summed E-state index contributed by atoms with van der Waals surface area (Å²) in [5.41, 5.74) is 5.34. The molecule has 6 nitrogen and oxygen atoms in total. The quantitative estimate of drug-likeness (QED) is 0.563. The predicted molar refractivity (Wildman–Crippen MR) is 57.2 cm³/mol. The Bertz CT molecular complexity index is 283. The third-order valence-electron chi connectivity index (χ3n) is 1.64. The largest absolute Gasteiger partial charge is 0.383 e. The summed E-state index contributed by atoms with van der Waals surface area (Å²) in [6, 6.07) is -0.228. The van der Waals surface area contributed by atoms with Crippen LogP contribution in [0, 0.1) is 0 Å². The van der Waals surface area contributed by atoms with E-state index in [2.05, 4.69) is 5.32 Å². The van der Waals surface area contributed by atoms with Gasteiger partial charge in [-0.2, -0.15) is 0 Å². The minimum Gasteiger partial charge on any atom is -0.383 e. The van der Waals surface area contributed by atoms with E-state index < -0.39 is 21.5 Å². The van der Waals surface area contributed by atoms with Gasteiger partial charge in [0.1, 0.15) is 5.75 Å². The number of hydrogen-bond donors (Lipinski definition) is 2. The number of carbonyl (C=O) groups excluding carboxylic acids is 1. The normalized spacial score (nSPS) is 13.5.